The predicted molar refractivity (Wildman–Crippen MR) is 121 cm³/mol. The fourth-order valence-corrected chi connectivity index (χ4v) is 6.64. The Bertz CT molecular complexity index is 1280. The van der Waals surface area contributed by atoms with E-state index in [1.165, 1.54) is 4.90 Å². The number of hydrogen-bond donors (Lipinski definition) is 0. The number of carbonyl (C=O) groups is 3. The van der Waals surface area contributed by atoms with Crippen LogP contribution < -0.4 is 4.90 Å². The molecule has 2 atom stereocenters. The van der Waals surface area contributed by atoms with E-state index in [9.17, 15) is 14.4 Å². The highest BCUT2D eigenvalue weighted by molar-refractivity contribution is 6.25. The Morgan fingerprint density at radius 3 is 2.00 bits per heavy atom. The van der Waals surface area contributed by atoms with Gasteiger partial charge in [0.2, 0.25) is 11.8 Å². The number of aryl methyl sites for hydroxylation is 1. The molecular weight excluding hydrogens is 398 g/mol. The van der Waals surface area contributed by atoms with Gasteiger partial charge in [-0.3, -0.25) is 14.4 Å². The van der Waals surface area contributed by atoms with Crippen molar-refractivity contribution in [1.82, 2.24) is 0 Å². The Morgan fingerprint density at radius 2 is 1.41 bits per heavy atom. The van der Waals surface area contributed by atoms with Crippen LogP contribution in [-0.2, 0) is 26.2 Å². The quantitative estimate of drug-likeness (QED) is 0.590. The highest BCUT2D eigenvalue weighted by atomic mass is 16.2. The van der Waals surface area contributed by atoms with E-state index in [1.807, 2.05) is 79.7 Å². The first-order valence-corrected chi connectivity index (χ1v) is 11.2. The first-order chi connectivity index (χ1) is 15.5. The number of benzene rings is 3. The topological polar surface area (TPSA) is 54.5 Å². The van der Waals surface area contributed by atoms with Crippen LogP contribution in [0.1, 0.15) is 47.6 Å². The number of ketones is 1. The molecule has 4 nitrogen and oxygen atoms in total. The molecule has 0 saturated carbocycles. The van der Waals surface area contributed by atoms with Gasteiger partial charge < -0.3 is 0 Å². The highest BCUT2D eigenvalue weighted by Crippen LogP contribution is 2.64. The Labute approximate surface area is 186 Å². The molecule has 4 heteroatoms. The molecule has 158 valence electrons. The van der Waals surface area contributed by atoms with E-state index in [0.717, 1.165) is 27.8 Å². The van der Waals surface area contributed by atoms with E-state index in [-0.39, 0.29) is 23.5 Å². The van der Waals surface area contributed by atoms with Crippen molar-refractivity contribution in [3.8, 4) is 0 Å². The normalized spacial score (nSPS) is 27.2. The molecule has 0 N–H and O–H groups in total. The van der Waals surface area contributed by atoms with Gasteiger partial charge in [-0.1, -0.05) is 73.7 Å². The van der Waals surface area contributed by atoms with Gasteiger partial charge in [0.1, 0.15) is 5.78 Å². The lowest BCUT2D eigenvalue weighted by Gasteiger charge is -2.52. The number of rotatable bonds is 3. The minimum atomic E-state index is -1.14. The van der Waals surface area contributed by atoms with Crippen LogP contribution in [0.2, 0.25) is 0 Å². The zero-order valence-electron chi connectivity index (χ0n) is 18.0. The second-order valence-electron chi connectivity index (χ2n) is 9.01. The van der Waals surface area contributed by atoms with E-state index in [1.54, 1.807) is 6.92 Å². The zero-order chi connectivity index (χ0) is 22.2. The Hall–Kier alpha value is -3.53. The Kier molecular flexibility index (Phi) is 3.89. The smallest absolute Gasteiger partial charge is 0.239 e. The monoisotopic (exact) mass is 421 g/mol. The summed E-state index contributed by atoms with van der Waals surface area (Å²) in [5.74, 6) is -2.08. The summed E-state index contributed by atoms with van der Waals surface area (Å²) in [5.41, 5.74) is 4.20. The van der Waals surface area contributed by atoms with E-state index in [0.29, 0.717) is 12.1 Å². The number of amides is 2. The molecule has 1 fully saturated rings. The van der Waals surface area contributed by atoms with Gasteiger partial charge >= 0.3 is 0 Å². The van der Waals surface area contributed by atoms with Crippen LogP contribution in [-0.4, -0.2) is 17.6 Å². The van der Waals surface area contributed by atoms with Crippen LogP contribution >= 0.6 is 0 Å². The summed E-state index contributed by atoms with van der Waals surface area (Å²) in [6.07, 6.45) is 0.713. The molecule has 0 aromatic heterocycles. The fraction of sp³-hybridized carbons (Fsp3) is 0.250. The van der Waals surface area contributed by atoms with Gasteiger partial charge in [-0.05, 0) is 47.2 Å². The number of hydrogen-bond acceptors (Lipinski definition) is 3. The van der Waals surface area contributed by atoms with E-state index in [2.05, 4.69) is 0 Å². The third kappa shape index (κ3) is 2.05. The maximum Gasteiger partial charge on any atom is 0.239 e. The largest absolute Gasteiger partial charge is 0.299 e. The van der Waals surface area contributed by atoms with Crippen molar-refractivity contribution in [2.75, 3.05) is 4.90 Å². The molecule has 7 rings (SSSR count). The summed E-state index contributed by atoms with van der Waals surface area (Å²) in [6, 6.07) is 23.3. The van der Waals surface area contributed by atoms with Crippen molar-refractivity contribution in [2.24, 2.45) is 11.8 Å². The van der Waals surface area contributed by atoms with Gasteiger partial charge in [-0.25, -0.2) is 4.90 Å². The molecule has 3 aliphatic carbocycles. The molecule has 3 aromatic carbocycles. The predicted octanol–water partition coefficient (Wildman–Crippen LogP) is 4.39. The molecule has 2 amide bonds. The van der Waals surface area contributed by atoms with Crippen LogP contribution in [0.25, 0.3) is 0 Å². The van der Waals surface area contributed by atoms with Gasteiger partial charge in [0.15, 0.2) is 0 Å². The van der Waals surface area contributed by atoms with Gasteiger partial charge in [0.25, 0.3) is 0 Å². The molecule has 32 heavy (non-hydrogen) atoms. The minimum absolute atomic E-state index is 0.0858. The zero-order valence-corrected chi connectivity index (χ0v) is 18.0. The number of imide groups is 1. The van der Waals surface area contributed by atoms with Gasteiger partial charge in [0, 0.05) is 5.92 Å². The van der Waals surface area contributed by atoms with Gasteiger partial charge in [0.05, 0.1) is 22.9 Å². The summed E-state index contributed by atoms with van der Waals surface area (Å²) in [4.78, 5) is 43.0. The fourth-order valence-electron chi connectivity index (χ4n) is 6.64. The summed E-state index contributed by atoms with van der Waals surface area (Å²) < 4.78 is 0. The van der Waals surface area contributed by atoms with E-state index < -0.39 is 17.3 Å². The summed E-state index contributed by atoms with van der Waals surface area (Å²) in [7, 11) is 0. The molecule has 4 aliphatic rings. The molecule has 0 spiro atoms. The molecule has 1 saturated heterocycles. The Morgan fingerprint density at radius 1 is 0.844 bits per heavy atom. The van der Waals surface area contributed by atoms with Crippen LogP contribution in [0.4, 0.5) is 5.69 Å². The number of anilines is 1. The number of carbonyl (C=O) groups excluding carboxylic acids is 3. The molecule has 0 unspecified atom stereocenters. The number of para-hydroxylation sites is 1. The first-order valence-electron chi connectivity index (χ1n) is 11.2. The number of nitrogens with zero attached hydrogens (tertiary/aromatic N) is 1. The van der Waals surface area contributed by atoms with Crippen LogP contribution in [0, 0.1) is 11.8 Å². The molecule has 0 radical (unpaired) electrons. The average molecular weight is 421 g/mol. The second kappa shape index (κ2) is 6.49. The highest BCUT2D eigenvalue weighted by Gasteiger charge is 2.70. The number of Topliss-reactive ketones (excluding diaryl/α,β-unsaturated/α-hetero) is 1. The maximum absolute atomic E-state index is 14.1. The van der Waals surface area contributed by atoms with Crippen LogP contribution in [0.15, 0.2) is 72.8 Å². The van der Waals surface area contributed by atoms with Crippen LogP contribution in [0.3, 0.4) is 0 Å². The van der Waals surface area contributed by atoms with E-state index in [4.69, 9.17) is 0 Å². The molecule has 1 aliphatic heterocycles. The maximum atomic E-state index is 14.1. The third-order valence-electron chi connectivity index (χ3n) is 7.79. The molecule has 1 heterocycles. The second-order valence-corrected chi connectivity index (χ2v) is 9.01. The van der Waals surface area contributed by atoms with Crippen molar-refractivity contribution in [3.63, 3.8) is 0 Å². The van der Waals surface area contributed by atoms with Crippen LogP contribution in [0.5, 0.6) is 0 Å². The molecular formula is C28H23NO3. The van der Waals surface area contributed by atoms with Crippen molar-refractivity contribution in [2.45, 2.75) is 31.6 Å². The molecule has 3 aromatic rings. The minimum Gasteiger partial charge on any atom is -0.299 e. The van der Waals surface area contributed by atoms with Crippen molar-refractivity contribution in [1.29, 1.82) is 0 Å². The van der Waals surface area contributed by atoms with Crippen molar-refractivity contribution in [3.05, 3.63) is 101 Å². The lowest BCUT2D eigenvalue weighted by molar-refractivity contribution is -0.132. The van der Waals surface area contributed by atoms with Crippen molar-refractivity contribution >= 4 is 23.3 Å². The standard InChI is InChI=1S/C28H23NO3/c1-3-17-10-4-9-15-22(17)29-26(31)24-23-18-11-5-7-13-20(18)28(16(2)30,25(24)27(29)32)21-14-8-6-12-19(21)23/h4-15,23-25H,3H2,1-2H3/t23?,24-,25-,28?/m1/s1. The SMILES string of the molecule is CCc1ccccc1N1C(=O)[C@@H]2C3c4ccccc4C(C(C)=O)(c4ccccc43)[C@H]2C1=O. The summed E-state index contributed by atoms with van der Waals surface area (Å²) in [6.45, 7) is 3.58. The van der Waals surface area contributed by atoms with Gasteiger partial charge in [-0.15, -0.1) is 0 Å². The van der Waals surface area contributed by atoms with Crippen molar-refractivity contribution < 1.29 is 14.4 Å². The average Bonchev–Trinajstić information content (AvgIpc) is 3.09. The summed E-state index contributed by atoms with van der Waals surface area (Å²) >= 11 is 0. The first kappa shape index (κ1) is 19.2. The lowest BCUT2D eigenvalue weighted by atomic mass is 9.46. The Balaban J connectivity index is 1.67. The van der Waals surface area contributed by atoms with Gasteiger partial charge in [-0.2, -0.15) is 0 Å². The third-order valence-corrected chi connectivity index (χ3v) is 7.79. The van der Waals surface area contributed by atoms with E-state index >= 15 is 0 Å². The lowest BCUT2D eigenvalue weighted by Crippen LogP contribution is -2.57. The summed E-state index contributed by atoms with van der Waals surface area (Å²) in [5, 5.41) is 0. The molecule has 2 bridgehead atoms.